The van der Waals surface area contributed by atoms with Crippen molar-refractivity contribution >= 4 is 11.9 Å². The first-order chi connectivity index (χ1) is 14.0. The smallest absolute Gasteiger partial charge is 0.325 e. The zero-order valence-electron chi connectivity index (χ0n) is 16.8. The number of methoxy groups -OCH3 is 1. The predicted molar refractivity (Wildman–Crippen MR) is 109 cm³/mol. The summed E-state index contributed by atoms with van der Waals surface area (Å²) < 4.78 is 6.49. The zero-order valence-corrected chi connectivity index (χ0v) is 16.8. The van der Waals surface area contributed by atoms with Crippen molar-refractivity contribution in [2.75, 3.05) is 13.7 Å². The highest BCUT2D eigenvalue weighted by Crippen LogP contribution is 2.27. The maximum absolute atomic E-state index is 13.4. The molecule has 2 aromatic carbocycles. The van der Waals surface area contributed by atoms with Crippen LogP contribution < -0.4 is 0 Å². The minimum atomic E-state index is -0.455. The Morgan fingerprint density at radius 1 is 1.17 bits per heavy atom. The molecule has 29 heavy (non-hydrogen) atoms. The van der Waals surface area contributed by atoms with Crippen molar-refractivity contribution in [2.45, 2.75) is 26.3 Å². The third-order valence-electron chi connectivity index (χ3n) is 4.84. The van der Waals surface area contributed by atoms with E-state index >= 15 is 0 Å². The monoisotopic (exact) mass is 392 g/mol. The molecule has 150 valence electrons. The highest BCUT2D eigenvalue weighted by molar-refractivity contribution is 5.96. The average Bonchev–Trinajstić information content (AvgIpc) is 3.28. The SMILES string of the molecule is CC[C@@H](c1ccccc1)N(CC(=O)OC)C(=O)c1ccc(-n2cncn2)c(C)c1. The van der Waals surface area contributed by atoms with Gasteiger partial charge in [-0.1, -0.05) is 37.3 Å². The van der Waals surface area contributed by atoms with Crippen LogP contribution in [0.5, 0.6) is 0 Å². The molecule has 3 aromatic rings. The molecule has 7 nitrogen and oxygen atoms in total. The molecular weight excluding hydrogens is 368 g/mol. The second-order valence-corrected chi connectivity index (χ2v) is 6.69. The minimum Gasteiger partial charge on any atom is -0.468 e. The van der Waals surface area contributed by atoms with E-state index in [0.717, 1.165) is 16.8 Å². The van der Waals surface area contributed by atoms with Gasteiger partial charge in [0.15, 0.2) is 0 Å². The van der Waals surface area contributed by atoms with Crippen molar-refractivity contribution in [3.05, 3.63) is 77.9 Å². The van der Waals surface area contributed by atoms with Crippen molar-refractivity contribution in [3.63, 3.8) is 0 Å². The van der Waals surface area contributed by atoms with E-state index in [1.807, 2.05) is 50.2 Å². The van der Waals surface area contributed by atoms with Crippen LogP contribution in [0.25, 0.3) is 5.69 Å². The summed E-state index contributed by atoms with van der Waals surface area (Å²) in [5.74, 6) is -0.678. The second kappa shape index (κ2) is 9.14. The number of carbonyl (C=O) groups is 2. The number of rotatable bonds is 7. The van der Waals surface area contributed by atoms with Gasteiger partial charge in [-0.25, -0.2) is 9.67 Å². The van der Waals surface area contributed by atoms with Crippen LogP contribution >= 0.6 is 0 Å². The molecule has 0 saturated carbocycles. The van der Waals surface area contributed by atoms with Gasteiger partial charge in [0, 0.05) is 5.56 Å². The molecule has 0 aliphatic carbocycles. The lowest BCUT2D eigenvalue weighted by Crippen LogP contribution is -2.39. The number of nitrogens with zero attached hydrogens (tertiary/aromatic N) is 4. The van der Waals surface area contributed by atoms with Gasteiger partial charge in [-0.3, -0.25) is 9.59 Å². The Morgan fingerprint density at radius 2 is 1.93 bits per heavy atom. The van der Waals surface area contributed by atoms with Crippen LogP contribution in [-0.4, -0.2) is 45.2 Å². The van der Waals surface area contributed by atoms with Crippen LogP contribution in [-0.2, 0) is 9.53 Å². The van der Waals surface area contributed by atoms with E-state index in [1.54, 1.807) is 28.0 Å². The molecular formula is C22H24N4O3. The first-order valence-electron chi connectivity index (χ1n) is 9.43. The molecule has 0 unspecified atom stereocenters. The van der Waals surface area contributed by atoms with Gasteiger partial charge >= 0.3 is 5.97 Å². The van der Waals surface area contributed by atoms with Gasteiger partial charge in [-0.05, 0) is 42.7 Å². The third kappa shape index (κ3) is 4.51. The van der Waals surface area contributed by atoms with Crippen molar-refractivity contribution < 1.29 is 14.3 Å². The number of esters is 1. The Hall–Kier alpha value is -3.48. The fraction of sp³-hybridized carbons (Fsp3) is 0.273. The highest BCUT2D eigenvalue weighted by Gasteiger charge is 2.27. The average molecular weight is 392 g/mol. The highest BCUT2D eigenvalue weighted by atomic mass is 16.5. The van der Waals surface area contributed by atoms with Crippen molar-refractivity contribution in [3.8, 4) is 5.69 Å². The van der Waals surface area contributed by atoms with E-state index in [1.165, 1.54) is 13.4 Å². The van der Waals surface area contributed by atoms with E-state index in [-0.39, 0.29) is 18.5 Å². The van der Waals surface area contributed by atoms with Gasteiger partial charge < -0.3 is 9.64 Å². The number of amides is 1. The standard InChI is InChI=1S/C22H24N4O3/c1-4-19(17-8-6-5-7-9-17)25(13-21(27)29-3)22(28)18-10-11-20(16(2)12-18)26-15-23-14-24-26/h5-12,14-15,19H,4,13H2,1-3H3/t19-/m0/s1. The molecule has 1 heterocycles. The van der Waals surface area contributed by atoms with Crippen molar-refractivity contribution in [1.82, 2.24) is 19.7 Å². The number of hydrogen-bond acceptors (Lipinski definition) is 5. The lowest BCUT2D eigenvalue weighted by Gasteiger charge is -2.31. The fourth-order valence-electron chi connectivity index (χ4n) is 3.38. The minimum absolute atomic E-state index is 0.118. The first-order valence-corrected chi connectivity index (χ1v) is 9.43. The van der Waals surface area contributed by atoms with Crippen LogP contribution in [0.2, 0.25) is 0 Å². The summed E-state index contributed by atoms with van der Waals surface area (Å²) in [6.45, 7) is 3.79. The number of aryl methyl sites for hydroxylation is 1. The molecule has 1 atom stereocenters. The Labute approximate surface area is 169 Å². The lowest BCUT2D eigenvalue weighted by molar-refractivity contribution is -0.141. The summed E-state index contributed by atoms with van der Waals surface area (Å²) in [5.41, 5.74) is 3.20. The molecule has 1 amide bonds. The summed E-state index contributed by atoms with van der Waals surface area (Å²) in [7, 11) is 1.32. The number of ether oxygens (including phenoxy) is 1. The number of aromatic nitrogens is 3. The van der Waals surface area contributed by atoms with Crippen LogP contribution in [0.3, 0.4) is 0 Å². The Morgan fingerprint density at radius 3 is 2.52 bits per heavy atom. The first kappa shape index (κ1) is 20.3. The zero-order chi connectivity index (χ0) is 20.8. The summed E-state index contributed by atoms with van der Waals surface area (Å²) in [5, 5.41) is 4.14. The Kier molecular flexibility index (Phi) is 6.39. The van der Waals surface area contributed by atoms with Crippen LogP contribution in [0, 0.1) is 6.92 Å². The molecule has 1 aromatic heterocycles. The summed E-state index contributed by atoms with van der Waals surface area (Å²) in [6.07, 6.45) is 3.74. The predicted octanol–water partition coefficient (Wildman–Crippen LogP) is 3.34. The van der Waals surface area contributed by atoms with Gasteiger partial charge in [0.2, 0.25) is 0 Å². The van der Waals surface area contributed by atoms with Crippen LogP contribution in [0.15, 0.2) is 61.2 Å². The van der Waals surface area contributed by atoms with Crippen LogP contribution in [0.4, 0.5) is 0 Å². The van der Waals surface area contributed by atoms with Gasteiger partial charge in [0.05, 0.1) is 18.8 Å². The number of benzene rings is 2. The topological polar surface area (TPSA) is 77.3 Å². The Bertz CT molecular complexity index is 971. The molecule has 0 aliphatic heterocycles. The molecule has 0 saturated heterocycles. The molecule has 0 spiro atoms. The van der Waals surface area contributed by atoms with E-state index < -0.39 is 5.97 Å². The normalized spacial score (nSPS) is 11.7. The molecule has 0 bridgehead atoms. The van der Waals surface area contributed by atoms with E-state index in [2.05, 4.69) is 10.1 Å². The summed E-state index contributed by atoms with van der Waals surface area (Å²) in [4.78, 5) is 31.0. The molecule has 0 aliphatic rings. The quantitative estimate of drug-likeness (QED) is 0.576. The maximum atomic E-state index is 13.4. The second-order valence-electron chi connectivity index (χ2n) is 6.69. The van der Waals surface area contributed by atoms with Gasteiger partial charge in [-0.15, -0.1) is 0 Å². The van der Waals surface area contributed by atoms with Crippen LogP contribution in [0.1, 0.15) is 40.9 Å². The molecule has 0 fully saturated rings. The van der Waals surface area contributed by atoms with Gasteiger partial charge in [0.25, 0.3) is 5.91 Å². The molecule has 3 rings (SSSR count). The summed E-state index contributed by atoms with van der Waals surface area (Å²) in [6, 6.07) is 14.8. The van der Waals surface area contributed by atoms with E-state index in [0.29, 0.717) is 12.0 Å². The fourth-order valence-corrected chi connectivity index (χ4v) is 3.38. The molecule has 0 N–H and O–H groups in total. The molecule has 7 heteroatoms. The maximum Gasteiger partial charge on any atom is 0.325 e. The van der Waals surface area contributed by atoms with E-state index in [9.17, 15) is 9.59 Å². The van der Waals surface area contributed by atoms with Gasteiger partial charge in [-0.2, -0.15) is 5.10 Å². The number of carbonyl (C=O) groups excluding carboxylic acids is 2. The van der Waals surface area contributed by atoms with Crippen molar-refractivity contribution in [2.24, 2.45) is 0 Å². The third-order valence-corrected chi connectivity index (χ3v) is 4.84. The Balaban J connectivity index is 1.96. The van der Waals surface area contributed by atoms with Crippen molar-refractivity contribution in [1.29, 1.82) is 0 Å². The lowest BCUT2D eigenvalue weighted by atomic mass is 10.0. The van der Waals surface area contributed by atoms with E-state index in [4.69, 9.17) is 4.74 Å². The largest absolute Gasteiger partial charge is 0.468 e. The number of hydrogen-bond donors (Lipinski definition) is 0. The summed E-state index contributed by atoms with van der Waals surface area (Å²) >= 11 is 0. The molecule has 0 radical (unpaired) electrons. The van der Waals surface area contributed by atoms with Gasteiger partial charge in [0.1, 0.15) is 19.2 Å².